The summed E-state index contributed by atoms with van der Waals surface area (Å²) in [4.78, 5) is 30.0. The third-order valence-corrected chi connectivity index (χ3v) is 6.62. The second kappa shape index (κ2) is 9.37. The molecule has 0 spiro atoms. The lowest BCUT2D eigenvalue weighted by Crippen LogP contribution is -2.50. The molecule has 1 saturated heterocycles. The number of methoxy groups -OCH3 is 1. The van der Waals surface area contributed by atoms with Crippen LogP contribution in [0.3, 0.4) is 0 Å². The zero-order valence-corrected chi connectivity index (χ0v) is 20.2. The zero-order chi connectivity index (χ0) is 24.5. The largest absolute Gasteiger partial charge is 0.497 e. The second-order valence-corrected chi connectivity index (χ2v) is 8.76. The topological polar surface area (TPSA) is 73.2 Å². The minimum atomic E-state index is -0.0483. The molecule has 35 heavy (non-hydrogen) atoms. The molecule has 5 rings (SSSR count). The molecule has 0 bridgehead atoms. The fourth-order valence-corrected chi connectivity index (χ4v) is 4.77. The van der Waals surface area contributed by atoms with Gasteiger partial charge in [-0.1, -0.05) is 6.07 Å². The monoisotopic (exact) mass is 475 g/mol. The Kier molecular flexibility index (Phi) is 6.11. The molecule has 2 aliphatic heterocycles. The molecular weight excluding hydrogens is 446 g/mol. The summed E-state index contributed by atoms with van der Waals surface area (Å²) in [7, 11) is 1.58. The Balaban J connectivity index is 1.30. The van der Waals surface area contributed by atoms with Crippen LogP contribution < -0.4 is 14.2 Å². The van der Waals surface area contributed by atoms with Crippen molar-refractivity contribution in [1.82, 2.24) is 14.4 Å². The molecule has 3 heterocycles. The second-order valence-electron chi connectivity index (χ2n) is 8.76. The van der Waals surface area contributed by atoms with Gasteiger partial charge in [-0.3, -0.25) is 9.59 Å². The molecule has 0 saturated carbocycles. The van der Waals surface area contributed by atoms with Gasteiger partial charge in [0.15, 0.2) is 11.5 Å². The average Bonchev–Trinajstić information content (AvgIpc) is 3.21. The van der Waals surface area contributed by atoms with Crippen molar-refractivity contribution >= 4 is 11.8 Å². The lowest BCUT2D eigenvalue weighted by Gasteiger charge is -2.35. The number of hydrogen-bond acceptors (Lipinski definition) is 5. The van der Waals surface area contributed by atoms with Gasteiger partial charge in [-0.15, -0.1) is 0 Å². The molecule has 0 aliphatic carbocycles. The number of ether oxygens (including phenoxy) is 3. The van der Waals surface area contributed by atoms with Crippen LogP contribution in [0.5, 0.6) is 17.2 Å². The summed E-state index contributed by atoms with van der Waals surface area (Å²) >= 11 is 0. The van der Waals surface area contributed by atoms with Crippen LogP contribution in [0.1, 0.15) is 32.1 Å². The first-order valence-corrected chi connectivity index (χ1v) is 11.8. The van der Waals surface area contributed by atoms with Gasteiger partial charge in [0.1, 0.15) is 19.0 Å². The average molecular weight is 476 g/mol. The summed E-state index contributed by atoms with van der Waals surface area (Å²) in [6.07, 6.45) is 0. The number of aromatic nitrogens is 1. The predicted molar refractivity (Wildman–Crippen MR) is 131 cm³/mol. The van der Waals surface area contributed by atoms with E-state index < -0.39 is 0 Å². The van der Waals surface area contributed by atoms with E-state index in [0.717, 1.165) is 22.8 Å². The van der Waals surface area contributed by atoms with Crippen molar-refractivity contribution in [2.75, 3.05) is 46.5 Å². The Morgan fingerprint density at radius 1 is 0.829 bits per heavy atom. The van der Waals surface area contributed by atoms with E-state index >= 15 is 0 Å². The molecule has 2 aliphatic rings. The summed E-state index contributed by atoms with van der Waals surface area (Å²) in [6.45, 7) is 6.97. The molecule has 0 unspecified atom stereocenters. The number of piperazine rings is 1. The van der Waals surface area contributed by atoms with Crippen LogP contribution in [0, 0.1) is 13.8 Å². The van der Waals surface area contributed by atoms with E-state index in [1.54, 1.807) is 24.1 Å². The number of aryl methyl sites for hydroxylation is 1. The van der Waals surface area contributed by atoms with Crippen LogP contribution in [0.25, 0.3) is 5.69 Å². The van der Waals surface area contributed by atoms with Gasteiger partial charge >= 0.3 is 0 Å². The number of carbonyl (C=O) groups excluding carboxylic acids is 2. The Morgan fingerprint density at radius 2 is 1.51 bits per heavy atom. The van der Waals surface area contributed by atoms with Crippen LogP contribution in [0.15, 0.2) is 48.5 Å². The van der Waals surface area contributed by atoms with Crippen LogP contribution in [-0.2, 0) is 0 Å². The fourth-order valence-electron chi connectivity index (χ4n) is 4.77. The van der Waals surface area contributed by atoms with Crippen molar-refractivity contribution in [2.45, 2.75) is 13.8 Å². The predicted octanol–water partition coefficient (Wildman–Crippen LogP) is 3.47. The molecule has 182 valence electrons. The first-order valence-electron chi connectivity index (χ1n) is 11.8. The minimum Gasteiger partial charge on any atom is -0.497 e. The van der Waals surface area contributed by atoms with E-state index in [2.05, 4.69) is 4.57 Å². The van der Waals surface area contributed by atoms with E-state index in [1.807, 2.05) is 55.1 Å². The fraction of sp³-hybridized carbons (Fsp3) is 0.333. The first kappa shape index (κ1) is 22.8. The highest BCUT2D eigenvalue weighted by atomic mass is 16.6. The molecule has 2 amide bonds. The number of fused-ring (bicyclic) bond motifs is 1. The number of nitrogens with zero attached hydrogens (tertiary/aromatic N) is 3. The third kappa shape index (κ3) is 4.32. The smallest absolute Gasteiger partial charge is 0.255 e. The summed E-state index contributed by atoms with van der Waals surface area (Å²) in [6, 6.07) is 14.9. The Labute approximate surface area is 204 Å². The van der Waals surface area contributed by atoms with E-state index in [4.69, 9.17) is 14.2 Å². The summed E-state index contributed by atoms with van der Waals surface area (Å²) in [5, 5.41) is 0. The molecule has 0 N–H and O–H groups in total. The Morgan fingerprint density at radius 3 is 2.23 bits per heavy atom. The third-order valence-electron chi connectivity index (χ3n) is 6.62. The lowest BCUT2D eigenvalue weighted by molar-refractivity contribution is 0.0535. The first-order chi connectivity index (χ1) is 17.0. The van der Waals surface area contributed by atoms with Crippen LogP contribution in [-0.4, -0.2) is 72.7 Å². The highest BCUT2D eigenvalue weighted by molar-refractivity contribution is 5.97. The molecule has 0 radical (unpaired) electrons. The van der Waals surface area contributed by atoms with Crippen LogP contribution in [0.4, 0.5) is 0 Å². The SMILES string of the molecule is COc1cccc(C(=O)N2CCN(C(=O)c3cc(C)n(-c4ccc5c(c4)OCCO5)c3C)CC2)c1. The molecule has 1 fully saturated rings. The van der Waals surface area contributed by atoms with Gasteiger partial charge in [-0.2, -0.15) is 0 Å². The number of amides is 2. The Hall–Kier alpha value is -3.94. The van der Waals surface area contributed by atoms with Crippen molar-refractivity contribution in [3.8, 4) is 22.9 Å². The van der Waals surface area contributed by atoms with Gasteiger partial charge in [-0.25, -0.2) is 0 Å². The van der Waals surface area contributed by atoms with Crippen molar-refractivity contribution in [3.63, 3.8) is 0 Å². The standard InChI is InChI=1S/C27H29N3O5/c1-18-15-23(19(2)30(18)21-7-8-24-25(17-21)35-14-13-34-24)27(32)29-11-9-28(10-12-29)26(31)20-5-4-6-22(16-20)33-3/h4-8,15-17H,9-14H2,1-3H3. The van der Waals surface area contributed by atoms with Gasteiger partial charge in [0.2, 0.25) is 0 Å². The van der Waals surface area contributed by atoms with E-state index in [9.17, 15) is 9.59 Å². The highest BCUT2D eigenvalue weighted by Crippen LogP contribution is 2.33. The summed E-state index contributed by atoms with van der Waals surface area (Å²) < 4.78 is 18.7. The molecule has 8 heteroatoms. The van der Waals surface area contributed by atoms with Gasteiger partial charge in [0, 0.05) is 54.9 Å². The van der Waals surface area contributed by atoms with Gasteiger partial charge in [0.25, 0.3) is 11.8 Å². The number of carbonyl (C=O) groups is 2. The molecule has 0 atom stereocenters. The van der Waals surface area contributed by atoms with Crippen LogP contribution in [0.2, 0.25) is 0 Å². The highest BCUT2D eigenvalue weighted by Gasteiger charge is 2.28. The van der Waals surface area contributed by atoms with Crippen molar-refractivity contribution in [1.29, 1.82) is 0 Å². The zero-order valence-electron chi connectivity index (χ0n) is 20.2. The van der Waals surface area contributed by atoms with Gasteiger partial charge in [-0.05, 0) is 50.2 Å². The van der Waals surface area contributed by atoms with E-state index in [-0.39, 0.29) is 11.8 Å². The van der Waals surface area contributed by atoms with Gasteiger partial charge in [0.05, 0.1) is 12.7 Å². The molecule has 1 aromatic heterocycles. The van der Waals surface area contributed by atoms with Crippen molar-refractivity contribution < 1.29 is 23.8 Å². The van der Waals surface area contributed by atoms with Crippen LogP contribution >= 0.6 is 0 Å². The summed E-state index contributed by atoms with van der Waals surface area (Å²) in [5.74, 6) is 2.03. The van der Waals surface area contributed by atoms with Gasteiger partial charge < -0.3 is 28.6 Å². The number of hydrogen-bond donors (Lipinski definition) is 0. The molecule has 8 nitrogen and oxygen atoms in total. The molecule has 2 aromatic carbocycles. The van der Waals surface area contributed by atoms with Crippen molar-refractivity contribution in [2.24, 2.45) is 0 Å². The molecule has 3 aromatic rings. The quantitative estimate of drug-likeness (QED) is 0.578. The number of rotatable bonds is 4. The Bertz CT molecular complexity index is 1270. The maximum Gasteiger partial charge on any atom is 0.255 e. The van der Waals surface area contributed by atoms with E-state index in [1.165, 1.54) is 0 Å². The maximum atomic E-state index is 13.4. The summed E-state index contributed by atoms with van der Waals surface area (Å²) in [5.41, 5.74) is 4.03. The normalized spacial score (nSPS) is 15.2. The number of benzene rings is 2. The maximum absolute atomic E-state index is 13.4. The van der Waals surface area contributed by atoms with Crippen molar-refractivity contribution in [3.05, 3.63) is 71.0 Å². The minimum absolute atomic E-state index is 0.0182. The van der Waals surface area contributed by atoms with E-state index in [0.29, 0.717) is 62.0 Å². The molecular formula is C27H29N3O5. The lowest BCUT2D eigenvalue weighted by atomic mass is 10.1.